The molecule has 0 aromatic heterocycles. The molecule has 2 N–H and O–H groups in total. The summed E-state index contributed by atoms with van der Waals surface area (Å²) >= 11 is 0. The number of fused-ring (bicyclic) bond motifs is 2. The van der Waals surface area contributed by atoms with E-state index in [9.17, 15) is 41.1 Å². The lowest BCUT2D eigenvalue weighted by Crippen LogP contribution is -2.53. The summed E-state index contributed by atoms with van der Waals surface area (Å²) in [7, 11) is -6.17. The number of alkyl halides is 3. The zero-order valence-corrected chi connectivity index (χ0v) is 19.2. The van der Waals surface area contributed by atoms with Crippen molar-refractivity contribution in [2.24, 2.45) is 29.6 Å². The predicted molar refractivity (Wildman–Crippen MR) is 109 cm³/mol. The third-order valence-electron chi connectivity index (χ3n) is 8.80. The van der Waals surface area contributed by atoms with E-state index in [0.29, 0.717) is 38.5 Å². The molecule has 4 rings (SSSR count). The summed E-state index contributed by atoms with van der Waals surface area (Å²) in [6, 6.07) is 0. The summed E-state index contributed by atoms with van der Waals surface area (Å²) in [6.45, 7) is -0.776. The summed E-state index contributed by atoms with van der Waals surface area (Å²) in [5.74, 6) is -1.82. The van der Waals surface area contributed by atoms with Gasteiger partial charge in [-0.2, -0.15) is 8.78 Å². The molecule has 0 aromatic rings. The van der Waals surface area contributed by atoms with Crippen LogP contribution in [0.4, 0.5) is 13.2 Å². The molecule has 0 spiro atoms. The summed E-state index contributed by atoms with van der Waals surface area (Å²) in [6.07, 6.45) is 2.90. The Kier molecular flexibility index (Phi) is 6.59. The highest BCUT2D eigenvalue weighted by Crippen LogP contribution is 2.65. The molecule has 6 atom stereocenters. The maximum atomic E-state index is 13.7. The molecule has 4 aliphatic rings. The molecular weight excluding hydrogens is 465 g/mol. The van der Waals surface area contributed by atoms with Crippen molar-refractivity contribution in [3.8, 4) is 0 Å². The number of esters is 1. The SMILES string of the molecule is O=C(OCCC(F)C(F)(F)S(=O)(=O)[O-])C1CC2CC1C(C1(O)CCCC1)C2C1(O)CCCC1. The van der Waals surface area contributed by atoms with Crippen LogP contribution >= 0.6 is 0 Å². The van der Waals surface area contributed by atoms with Crippen molar-refractivity contribution in [1.29, 1.82) is 0 Å². The van der Waals surface area contributed by atoms with Crippen molar-refractivity contribution < 1.29 is 45.9 Å². The molecule has 0 amide bonds. The molecule has 4 fully saturated rings. The van der Waals surface area contributed by atoms with E-state index in [2.05, 4.69) is 0 Å². The Hall–Kier alpha value is -0.910. The van der Waals surface area contributed by atoms with Crippen molar-refractivity contribution in [2.45, 2.75) is 93.3 Å². The van der Waals surface area contributed by atoms with E-state index in [1.807, 2.05) is 0 Å². The smallest absolute Gasteiger partial charge is 0.364 e. The number of rotatable bonds is 8. The second-order valence-electron chi connectivity index (χ2n) is 10.6. The Morgan fingerprint density at radius 2 is 1.55 bits per heavy atom. The molecule has 0 aliphatic heterocycles. The molecule has 2 bridgehead atoms. The van der Waals surface area contributed by atoms with E-state index in [4.69, 9.17) is 4.74 Å². The second-order valence-corrected chi connectivity index (χ2v) is 12.1. The zero-order chi connectivity index (χ0) is 24.2. The van der Waals surface area contributed by atoms with E-state index in [-0.39, 0.29) is 23.7 Å². The minimum absolute atomic E-state index is 0.0362. The fourth-order valence-corrected chi connectivity index (χ4v) is 7.90. The quantitative estimate of drug-likeness (QED) is 0.390. The van der Waals surface area contributed by atoms with Crippen LogP contribution in [-0.2, 0) is 19.6 Å². The molecule has 6 unspecified atom stereocenters. The van der Waals surface area contributed by atoms with E-state index in [1.165, 1.54) is 0 Å². The first-order chi connectivity index (χ1) is 15.3. The standard InChI is InChI=1S/C22H33F3O7S/c23-16(22(24,25)33(29,30)31)5-10-32-19(26)15-12-13-11-14(15)18(21(28)8-3-4-9-21)17(13)20(27)6-1-2-7-20/h13-18,27-28H,1-12H2,(H,29,30,31)/p-1. The predicted octanol–water partition coefficient (Wildman–Crippen LogP) is 2.89. The topological polar surface area (TPSA) is 124 Å². The lowest BCUT2D eigenvalue weighted by molar-refractivity contribution is -0.164. The number of halogens is 3. The third kappa shape index (κ3) is 4.31. The van der Waals surface area contributed by atoms with E-state index in [0.717, 1.165) is 25.7 Å². The molecule has 4 saturated carbocycles. The van der Waals surface area contributed by atoms with Gasteiger partial charge in [0.25, 0.3) is 0 Å². The molecule has 0 saturated heterocycles. The molecule has 0 radical (unpaired) electrons. The van der Waals surface area contributed by atoms with Gasteiger partial charge < -0.3 is 19.5 Å². The van der Waals surface area contributed by atoms with E-state index >= 15 is 0 Å². The van der Waals surface area contributed by atoms with Crippen molar-refractivity contribution in [2.75, 3.05) is 6.61 Å². The van der Waals surface area contributed by atoms with Gasteiger partial charge in [-0.05, 0) is 62.2 Å². The lowest BCUT2D eigenvalue weighted by Gasteiger charge is -2.48. The van der Waals surface area contributed by atoms with Crippen LogP contribution in [0.25, 0.3) is 0 Å². The molecule has 7 nitrogen and oxygen atoms in total. The molecule has 190 valence electrons. The first kappa shape index (κ1) is 25.2. The molecule has 11 heteroatoms. The van der Waals surface area contributed by atoms with Crippen LogP contribution in [0.3, 0.4) is 0 Å². The zero-order valence-electron chi connectivity index (χ0n) is 18.4. The Balaban J connectivity index is 1.44. The number of hydrogen-bond donors (Lipinski definition) is 2. The molecule has 4 aliphatic carbocycles. The van der Waals surface area contributed by atoms with Crippen molar-refractivity contribution >= 4 is 16.1 Å². The van der Waals surface area contributed by atoms with E-state index in [1.54, 1.807) is 0 Å². The number of ether oxygens (including phenoxy) is 1. The van der Waals surface area contributed by atoms with E-state index < -0.39 is 57.7 Å². The van der Waals surface area contributed by atoms with Crippen molar-refractivity contribution in [3.05, 3.63) is 0 Å². The highest BCUT2D eigenvalue weighted by atomic mass is 32.2. The van der Waals surface area contributed by atoms with Crippen LogP contribution < -0.4 is 0 Å². The Bertz CT molecular complexity index is 852. The van der Waals surface area contributed by atoms with Gasteiger partial charge in [-0.25, -0.2) is 12.8 Å². The van der Waals surface area contributed by atoms with Gasteiger partial charge in [0.1, 0.15) is 0 Å². The average molecular weight is 498 g/mol. The molecule has 0 heterocycles. The van der Waals surface area contributed by atoms with Crippen LogP contribution in [0.5, 0.6) is 0 Å². The Morgan fingerprint density at radius 1 is 1.03 bits per heavy atom. The summed E-state index contributed by atoms with van der Waals surface area (Å²) < 4.78 is 76.9. The fraction of sp³-hybridized carbons (Fsp3) is 0.955. The normalized spacial score (nSPS) is 36.2. The molecule has 0 aromatic carbocycles. The first-order valence-electron chi connectivity index (χ1n) is 11.9. The minimum atomic E-state index is -6.17. The van der Waals surface area contributed by atoms with Crippen molar-refractivity contribution in [3.63, 3.8) is 0 Å². The van der Waals surface area contributed by atoms with Gasteiger partial charge in [0.15, 0.2) is 16.3 Å². The van der Waals surface area contributed by atoms with Gasteiger partial charge in [-0.15, -0.1) is 0 Å². The Morgan fingerprint density at radius 3 is 2.06 bits per heavy atom. The largest absolute Gasteiger partial charge is 0.743 e. The summed E-state index contributed by atoms with van der Waals surface area (Å²) in [5, 5.41) is 17.8. The highest BCUT2D eigenvalue weighted by Gasteiger charge is 2.66. The monoisotopic (exact) mass is 497 g/mol. The van der Waals surface area contributed by atoms with Crippen molar-refractivity contribution in [1.82, 2.24) is 0 Å². The van der Waals surface area contributed by atoms with Gasteiger partial charge >= 0.3 is 11.2 Å². The number of aliphatic hydroxyl groups is 2. The number of carbonyl (C=O) groups excluding carboxylic acids is 1. The Labute approximate surface area is 191 Å². The van der Waals surface area contributed by atoms with Crippen LogP contribution in [-0.4, -0.2) is 58.4 Å². The lowest BCUT2D eigenvalue weighted by atomic mass is 9.60. The maximum absolute atomic E-state index is 13.7. The third-order valence-corrected chi connectivity index (χ3v) is 9.72. The number of hydrogen-bond acceptors (Lipinski definition) is 7. The van der Waals surface area contributed by atoms with Crippen LogP contribution in [0.2, 0.25) is 0 Å². The second kappa shape index (κ2) is 8.64. The van der Waals surface area contributed by atoms with Gasteiger partial charge in [-0.1, -0.05) is 25.7 Å². The molecule has 33 heavy (non-hydrogen) atoms. The van der Waals surface area contributed by atoms with Gasteiger partial charge in [-0.3, -0.25) is 4.79 Å². The van der Waals surface area contributed by atoms with Gasteiger partial charge in [0, 0.05) is 6.42 Å². The fourth-order valence-electron chi connectivity index (χ4n) is 7.47. The van der Waals surface area contributed by atoms with Crippen LogP contribution in [0, 0.1) is 29.6 Å². The highest BCUT2D eigenvalue weighted by molar-refractivity contribution is 7.86. The average Bonchev–Trinajstić information content (AvgIpc) is 3.50. The maximum Gasteiger partial charge on any atom is 0.364 e. The summed E-state index contributed by atoms with van der Waals surface area (Å²) in [4.78, 5) is 12.8. The minimum Gasteiger partial charge on any atom is -0.743 e. The number of carbonyl (C=O) groups is 1. The summed E-state index contributed by atoms with van der Waals surface area (Å²) in [5.41, 5.74) is -1.82. The van der Waals surface area contributed by atoms with Crippen LogP contribution in [0.1, 0.15) is 70.6 Å². The van der Waals surface area contributed by atoms with Crippen LogP contribution in [0.15, 0.2) is 0 Å². The van der Waals surface area contributed by atoms with Gasteiger partial charge in [0.05, 0.1) is 23.7 Å². The first-order valence-corrected chi connectivity index (χ1v) is 13.3. The molecular formula is C22H32F3O7S-. The van der Waals surface area contributed by atoms with Gasteiger partial charge in [0.2, 0.25) is 0 Å².